The van der Waals surface area contributed by atoms with Crippen LogP contribution in [-0.2, 0) is 13.0 Å². The fraction of sp³-hybridized carbons (Fsp3) is 0.200. The Labute approximate surface area is 120 Å². The smallest absolute Gasteiger partial charge is 0.337 e. The zero-order valence-electron chi connectivity index (χ0n) is 11.0. The number of rotatable bonds is 4. The molecule has 0 unspecified atom stereocenters. The number of aromatic nitrogens is 2. The fourth-order valence-corrected chi connectivity index (χ4v) is 3.37. The van der Waals surface area contributed by atoms with Crippen molar-refractivity contribution >= 4 is 28.3 Å². The van der Waals surface area contributed by atoms with Gasteiger partial charge < -0.3 is 9.67 Å². The van der Waals surface area contributed by atoms with Crippen LogP contribution in [0, 0.1) is 0 Å². The number of thiophene rings is 1. The molecule has 2 aromatic heterocycles. The zero-order valence-corrected chi connectivity index (χ0v) is 11.9. The first-order chi connectivity index (χ1) is 9.70. The van der Waals surface area contributed by atoms with E-state index in [1.807, 2.05) is 10.6 Å². The van der Waals surface area contributed by atoms with Gasteiger partial charge in [-0.25, -0.2) is 9.78 Å². The zero-order chi connectivity index (χ0) is 14.1. The second kappa shape index (κ2) is 5.09. The topological polar surface area (TPSA) is 55.1 Å². The lowest BCUT2D eigenvalue weighted by molar-refractivity contribution is 0.0698. The number of nitrogens with zero attached hydrogens (tertiary/aromatic N) is 2. The van der Waals surface area contributed by atoms with Crippen molar-refractivity contribution in [3.8, 4) is 0 Å². The van der Waals surface area contributed by atoms with Crippen molar-refractivity contribution in [1.29, 1.82) is 0 Å². The van der Waals surface area contributed by atoms with Crippen molar-refractivity contribution in [2.45, 2.75) is 19.9 Å². The first-order valence-corrected chi connectivity index (χ1v) is 7.31. The molecule has 0 radical (unpaired) electrons. The Hall–Kier alpha value is -2.14. The van der Waals surface area contributed by atoms with Gasteiger partial charge in [0.15, 0.2) is 0 Å². The maximum atomic E-state index is 11.4. The first-order valence-electron chi connectivity index (χ1n) is 6.43. The SMILES string of the molecule is CCc1ccsc1Cn1cnc2cccc(C(=O)O)c21. The Morgan fingerprint density at radius 2 is 2.25 bits per heavy atom. The highest BCUT2D eigenvalue weighted by atomic mass is 32.1. The number of hydrogen-bond donors (Lipinski definition) is 1. The monoisotopic (exact) mass is 286 g/mol. The molecule has 1 N–H and O–H groups in total. The number of para-hydroxylation sites is 1. The molecule has 0 saturated carbocycles. The summed E-state index contributed by atoms with van der Waals surface area (Å²) in [4.78, 5) is 16.9. The maximum absolute atomic E-state index is 11.4. The normalized spacial score (nSPS) is 11.1. The third-order valence-corrected chi connectivity index (χ3v) is 4.35. The van der Waals surface area contributed by atoms with E-state index < -0.39 is 5.97 Å². The predicted molar refractivity (Wildman–Crippen MR) is 79.5 cm³/mol. The molecule has 3 aromatic rings. The van der Waals surface area contributed by atoms with Crippen LogP contribution in [0.5, 0.6) is 0 Å². The predicted octanol–water partition coefficient (Wildman–Crippen LogP) is 3.41. The van der Waals surface area contributed by atoms with E-state index in [0.29, 0.717) is 17.6 Å². The van der Waals surface area contributed by atoms with Crippen LogP contribution in [0.2, 0.25) is 0 Å². The van der Waals surface area contributed by atoms with Crippen LogP contribution in [0.3, 0.4) is 0 Å². The number of fused-ring (bicyclic) bond motifs is 1. The number of benzene rings is 1. The largest absolute Gasteiger partial charge is 0.478 e. The number of aromatic carboxylic acids is 1. The van der Waals surface area contributed by atoms with Crippen molar-refractivity contribution in [2.75, 3.05) is 0 Å². The Morgan fingerprint density at radius 3 is 3.00 bits per heavy atom. The Bertz CT molecular complexity index is 773. The summed E-state index contributed by atoms with van der Waals surface area (Å²) in [6.45, 7) is 2.79. The van der Waals surface area contributed by atoms with E-state index in [1.165, 1.54) is 10.4 Å². The molecule has 1 aromatic carbocycles. The summed E-state index contributed by atoms with van der Waals surface area (Å²) in [7, 11) is 0. The van der Waals surface area contributed by atoms with E-state index >= 15 is 0 Å². The number of aryl methyl sites for hydroxylation is 1. The highest BCUT2D eigenvalue weighted by Gasteiger charge is 2.14. The van der Waals surface area contributed by atoms with Gasteiger partial charge in [-0.05, 0) is 35.6 Å². The number of carboxylic acids is 1. The standard InChI is InChI=1S/C15H14N2O2S/c1-2-10-6-7-20-13(10)8-17-9-16-12-5-3-4-11(14(12)17)15(18)19/h3-7,9H,2,8H2,1H3,(H,18,19). The van der Waals surface area contributed by atoms with Gasteiger partial charge in [-0.15, -0.1) is 11.3 Å². The van der Waals surface area contributed by atoms with Gasteiger partial charge in [0, 0.05) is 4.88 Å². The Kier molecular flexibility index (Phi) is 3.28. The minimum absolute atomic E-state index is 0.301. The lowest BCUT2D eigenvalue weighted by atomic mass is 10.1. The van der Waals surface area contributed by atoms with E-state index in [-0.39, 0.29) is 0 Å². The van der Waals surface area contributed by atoms with E-state index in [0.717, 1.165) is 11.9 Å². The highest BCUT2D eigenvalue weighted by molar-refractivity contribution is 7.10. The van der Waals surface area contributed by atoms with Gasteiger partial charge in [0.25, 0.3) is 0 Å². The molecule has 3 rings (SSSR count). The van der Waals surface area contributed by atoms with E-state index in [4.69, 9.17) is 0 Å². The van der Waals surface area contributed by atoms with Crippen molar-refractivity contribution in [1.82, 2.24) is 9.55 Å². The van der Waals surface area contributed by atoms with Crippen LogP contribution in [0.1, 0.15) is 27.7 Å². The van der Waals surface area contributed by atoms with Gasteiger partial charge in [0.2, 0.25) is 0 Å². The Morgan fingerprint density at radius 1 is 1.40 bits per heavy atom. The van der Waals surface area contributed by atoms with E-state index in [2.05, 4.69) is 23.4 Å². The quantitative estimate of drug-likeness (QED) is 0.799. The average Bonchev–Trinajstić information content (AvgIpc) is 3.06. The summed E-state index contributed by atoms with van der Waals surface area (Å²) in [5.74, 6) is -0.917. The van der Waals surface area contributed by atoms with Gasteiger partial charge in [0.1, 0.15) is 0 Å². The van der Waals surface area contributed by atoms with Crippen LogP contribution in [0.25, 0.3) is 11.0 Å². The lowest BCUT2D eigenvalue weighted by Crippen LogP contribution is -2.04. The van der Waals surface area contributed by atoms with Crippen molar-refractivity contribution in [2.24, 2.45) is 0 Å². The molecule has 102 valence electrons. The number of carbonyl (C=O) groups is 1. The molecule has 0 spiro atoms. The molecule has 2 heterocycles. The first kappa shape index (κ1) is 12.9. The summed E-state index contributed by atoms with van der Waals surface area (Å²) >= 11 is 1.70. The molecule has 20 heavy (non-hydrogen) atoms. The summed E-state index contributed by atoms with van der Waals surface area (Å²) < 4.78 is 1.92. The molecule has 0 aliphatic heterocycles. The third kappa shape index (κ3) is 2.10. The molecular formula is C15H14N2O2S. The van der Waals surface area contributed by atoms with Gasteiger partial charge in [-0.1, -0.05) is 13.0 Å². The summed E-state index contributed by atoms with van der Waals surface area (Å²) in [6.07, 6.45) is 2.70. The van der Waals surface area contributed by atoms with Gasteiger partial charge in [-0.3, -0.25) is 0 Å². The molecule has 0 aliphatic carbocycles. The molecule has 4 nitrogen and oxygen atoms in total. The highest BCUT2D eigenvalue weighted by Crippen LogP contribution is 2.23. The van der Waals surface area contributed by atoms with Gasteiger partial charge in [-0.2, -0.15) is 0 Å². The summed E-state index contributed by atoms with van der Waals surface area (Å²) in [5.41, 5.74) is 3.02. The number of imidazole rings is 1. The fourth-order valence-electron chi connectivity index (χ4n) is 2.39. The van der Waals surface area contributed by atoms with Crippen molar-refractivity contribution in [3.05, 3.63) is 52.0 Å². The summed E-state index contributed by atoms with van der Waals surface area (Å²) in [5, 5.41) is 11.4. The van der Waals surface area contributed by atoms with E-state index in [1.54, 1.807) is 29.8 Å². The number of carboxylic acid groups (broad SMARTS) is 1. The molecule has 0 aliphatic rings. The van der Waals surface area contributed by atoms with Gasteiger partial charge in [0.05, 0.1) is 29.5 Å². The second-order valence-corrected chi connectivity index (χ2v) is 5.57. The molecule has 0 bridgehead atoms. The lowest BCUT2D eigenvalue weighted by Gasteiger charge is -2.06. The minimum Gasteiger partial charge on any atom is -0.478 e. The van der Waals surface area contributed by atoms with Crippen LogP contribution in [-0.4, -0.2) is 20.6 Å². The maximum Gasteiger partial charge on any atom is 0.337 e. The van der Waals surface area contributed by atoms with Crippen LogP contribution < -0.4 is 0 Å². The summed E-state index contributed by atoms with van der Waals surface area (Å²) in [6, 6.07) is 7.31. The molecule has 0 atom stereocenters. The van der Waals surface area contributed by atoms with Crippen LogP contribution >= 0.6 is 11.3 Å². The molecule has 0 fully saturated rings. The molecule has 0 amide bonds. The average molecular weight is 286 g/mol. The van der Waals surface area contributed by atoms with Gasteiger partial charge >= 0.3 is 5.97 Å². The van der Waals surface area contributed by atoms with E-state index in [9.17, 15) is 9.90 Å². The molecule has 0 saturated heterocycles. The third-order valence-electron chi connectivity index (χ3n) is 3.40. The van der Waals surface area contributed by atoms with Crippen molar-refractivity contribution < 1.29 is 9.90 Å². The molecule has 5 heteroatoms. The number of hydrogen-bond acceptors (Lipinski definition) is 3. The molecular weight excluding hydrogens is 272 g/mol. The van der Waals surface area contributed by atoms with Crippen LogP contribution in [0.4, 0.5) is 0 Å². The minimum atomic E-state index is -0.917. The van der Waals surface area contributed by atoms with Crippen LogP contribution in [0.15, 0.2) is 36.0 Å². The second-order valence-electron chi connectivity index (χ2n) is 4.57. The Balaban J connectivity index is 2.10. The van der Waals surface area contributed by atoms with Crippen molar-refractivity contribution in [3.63, 3.8) is 0 Å².